The molecule has 1 amide bonds. The Kier molecular flexibility index (Phi) is 5.02. The molecule has 2 heterocycles. The lowest BCUT2D eigenvalue weighted by atomic mass is 10.2. The van der Waals surface area contributed by atoms with Crippen molar-refractivity contribution in [1.82, 2.24) is 14.5 Å². The summed E-state index contributed by atoms with van der Waals surface area (Å²) in [6, 6.07) is 9.53. The number of anilines is 1. The minimum atomic E-state index is -0.575. The summed E-state index contributed by atoms with van der Waals surface area (Å²) in [5.74, 6) is -0.841. The molecular formula is C19H12FN5O4S. The molecule has 0 bridgehead atoms. The van der Waals surface area contributed by atoms with E-state index >= 15 is 0 Å². The van der Waals surface area contributed by atoms with Gasteiger partial charge in [0, 0.05) is 23.1 Å². The normalized spacial score (nSPS) is 10.8. The van der Waals surface area contributed by atoms with Gasteiger partial charge in [-0.1, -0.05) is 0 Å². The van der Waals surface area contributed by atoms with Crippen LogP contribution in [-0.2, 0) is 11.3 Å². The standard InChI is InChI=1S/C19H12FN5O4S/c20-12-3-1-11(2-4-12)16-9-30-19(22-16)23-17(26)8-24-10-21-15-7-13(25(28)29)5-6-14(15)18(24)27/h1-7,9-10H,8H2,(H,22,23,26). The molecule has 1 N–H and O–H groups in total. The number of nitrogens with one attached hydrogen (secondary N) is 1. The van der Waals surface area contributed by atoms with Crippen LogP contribution in [0.3, 0.4) is 0 Å². The fraction of sp³-hybridized carbons (Fsp3) is 0.0526. The lowest BCUT2D eigenvalue weighted by molar-refractivity contribution is -0.384. The molecule has 30 heavy (non-hydrogen) atoms. The van der Waals surface area contributed by atoms with E-state index in [4.69, 9.17) is 0 Å². The second kappa shape index (κ2) is 7.79. The van der Waals surface area contributed by atoms with E-state index in [1.807, 2.05) is 0 Å². The van der Waals surface area contributed by atoms with E-state index in [0.29, 0.717) is 16.4 Å². The van der Waals surface area contributed by atoms with Gasteiger partial charge in [0.1, 0.15) is 12.4 Å². The zero-order chi connectivity index (χ0) is 21.3. The predicted molar refractivity (Wildman–Crippen MR) is 109 cm³/mol. The van der Waals surface area contributed by atoms with Crippen LogP contribution >= 0.6 is 11.3 Å². The van der Waals surface area contributed by atoms with Crippen molar-refractivity contribution >= 4 is 39.0 Å². The number of thiazole rings is 1. The molecule has 4 rings (SSSR count). The van der Waals surface area contributed by atoms with Gasteiger partial charge in [-0.25, -0.2) is 14.4 Å². The first-order chi connectivity index (χ1) is 14.4. The summed E-state index contributed by atoms with van der Waals surface area (Å²) in [5, 5.41) is 15.7. The molecule has 0 aliphatic rings. The average molecular weight is 425 g/mol. The Morgan fingerprint density at radius 2 is 2.00 bits per heavy atom. The first-order valence-electron chi connectivity index (χ1n) is 8.55. The summed E-state index contributed by atoms with van der Waals surface area (Å²) in [6.45, 7) is -0.301. The van der Waals surface area contributed by atoms with Gasteiger partial charge in [-0.05, 0) is 30.3 Å². The van der Waals surface area contributed by atoms with Crippen LogP contribution in [-0.4, -0.2) is 25.4 Å². The first-order valence-corrected chi connectivity index (χ1v) is 9.43. The molecule has 0 aliphatic heterocycles. The Morgan fingerprint density at radius 1 is 1.23 bits per heavy atom. The number of carbonyl (C=O) groups excluding carboxylic acids is 1. The number of amides is 1. The number of fused-ring (bicyclic) bond motifs is 1. The van der Waals surface area contributed by atoms with Crippen LogP contribution in [0, 0.1) is 15.9 Å². The summed E-state index contributed by atoms with van der Waals surface area (Å²) in [6.07, 6.45) is 1.17. The van der Waals surface area contributed by atoms with Gasteiger partial charge in [0.05, 0.1) is 27.8 Å². The van der Waals surface area contributed by atoms with Gasteiger partial charge in [0.15, 0.2) is 5.13 Å². The van der Waals surface area contributed by atoms with Gasteiger partial charge in [-0.15, -0.1) is 11.3 Å². The van der Waals surface area contributed by atoms with Crippen LogP contribution in [0.2, 0.25) is 0 Å². The molecule has 0 unspecified atom stereocenters. The number of benzene rings is 2. The number of carbonyl (C=O) groups is 1. The summed E-state index contributed by atoms with van der Waals surface area (Å²) >= 11 is 1.19. The fourth-order valence-corrected chi connectivity index (χ4v) is 3.51. The van der Waals surface area contributed by atoms with Crippen LogP contribution < -0.4 is 10.9 Å². The third-order valence-electron chi connectivity index (χ3n) is 4.22. The topological polar surface area (TPSA) is 120 Å². The van der Waals surface area contributed by atoms with Crippen LogP contribution in [0.4, 0.5) is 15.2 Å². The van der Waals surface area contributed by atoms with Crippen LogP contribution in [0.15, 0.2) is 59.0 Å². The highest BCUT2D eigenvalue weighted by atomic mass is 32.1. The van der Waals surface area contributed by atoms with Gasteiger partial charge in [0.25, 0.3) is 11.2 Å². The smallest absolute Gasteiger partial charge is 0.271 e. The Labute approximate surface area is 171 Å². The molecule has 0 radical (unpaired) electrons. The van der Waals surface area contributed by atoms with E-state index in [9.17, 15) is 24.1 Å². The van der Waals surface area contributed by atoms with Gasteiger partial charge in [-0.3, -0.25) is 24.3 Å². The third-order valence-corrected chi connectivity index (χ3v) is 4.98. The molecule has 4 aromatic rings. The quantitative estimate of drug-likeness (QED) is 0.387. The number of hydrogen-bond donors (Lipinski definition) is 1. The molecule has 0 fully saturated rings. The highest BCUT2D eigenvalue weighted by Crippen LogP contribution is 2.25. The average Bonchev–Trinajstić information content (AvgIpc) is 3.18. The van der Waals surface area contributed by atoms with E-state index in [1.54, 1.807) is 17.5 Å². The number of hydrogen-bond acceptors (Lipinski definition) is 7. The summed E-state index contributed by atoms with van der Waals surface area (Å²) < 4.78 is 14.1. The largest absolute Gasteiger partial charge is 0.300 e. The van der Waals surface area contributed by atoms with Crippen molar-refractivity contribution in [1.29, 1.82) is 0 Å². The number of nitro groups is 1. The van der Waals surface area contributed by atoms with Crippen LogP contribution in [0.25, 0.3) is 22.2 Å². The molecule has 0 atom stereocenters. The van der Waals surface area contributed by atoms with E-state index in [0.717, 1.165) is 4.57 Å². The van der Waals surface area contributed by atoms with Crippen molar-refractivity contribution < 1.29 is 14.1 Å². The molecule has 2 aromatic heterocycles. The summed E-state index contributed by atoms with van der Waals surface area (Å²) in [5.41, 5.74) is 0.801. The van der Waals surface area contributed by atoms with Gasteiger partial charge in [0.2, 0.25) is 5.91 Å². The molecular weight excluding hydrogens is 413 g/mol. The van der Waals surface area contributed by atoms with E-state index in [-0.39, 0.29) is 29.0 Å². The van der Waals surface area contributed by atoms with Crippen molar-refractivity contribution in [2.75, 3.05) is 5.32 Å². The lowest BCUT2D eigenvalue weighted by Gasteiger charge is -2.06. The second-order valence-electron chi connectivity index (χ2n) is 6.23. The second-order valence-corrected chi connectivity index (χ2v) is 7.09. The Hall–Kier alpha value is -3.99. The van der Waals surface area contributed by atoms with E-state index in [2.05, 4.69) is 15.3 Å². The molecule has 11 heteroatoms. The molecule has 0 spiro atoms. The van der Waals surface area contributed by atoms with E-state index < -0.39 is 16.4 Å². The third kappa shape index (κ3) is 3.91. The lowest BCUT2D eigenvalue weighted by Crippen LogP contribution is -2.27. The van der Waals surface area contributed by atoms with E-state index in [1.165, 1.54) is 48.0 Å². The highest BCUT2D eigenvalue weighted by molar-refractivity contribution is 7.14. The molecule has 9 nitrogen and oxygen atoms in total. The number of aromatic nitrogens is 3. The monoisotopic (exact) mass is 425 g/mol. The number of halogens is 1. The number of non-ortho nitro benzene ring substituents is 1. The van der Waals surface area contributed by atoms with Gasteiger partial charge >= 0.3 is 0 Å². The zero-order valence-corrected chi connectivity index (χ0v) is 15.9. The van der Waals surface area contributed by atoms with Crippen LogP contribution in [0.5, 0.6) is 0 Å². The first kappa shape index (κ1) is 19.3. The Balaban J connectivity index is 1.50. The number of nitro benzene ring substituents is 1. The number of nitrogens with zero attached hydrogens (tertiary/aromatic N) is 4. The van der Waals surface area contributed by atoms with Crippen molar-refractivity contribution in [3.05, 3.63) is 80.5 Å². The van der Waals surface area contributed by atoms with Crippen molar-refractivity contribution in [3.63, 3.8) is 0 Å². The minimum absolute atomic E-state index is 0.170. The predicted octanol–water partition coefficient (Wildman–Crippen LogP) is 3.21. The zero-order valence-electron chi connectivity index (χ0n) is 15.1. The summed E-state index contributed by atoms with van der Waals surface area (Å²) in [4.78, 5) is 43.5. The van der Waals surface area contributed by atoms with Crippen LogP contribution in [0.1, 0.15) is 0 Å². The SMILES string of the molecule is O=C(Cn1cnc2cc([N+](=O)[O-])ccc2c1=O)Nc1nc(-c2ccc(F)cc2)cs1. The minimum Gasteiger partial charge on any atom is -0.300 e. The molecule has 0 aliphatic carbocycles. The maximum absolute atomic E-state index is 13.0. The van der Waals surface area contributed by atoms with Gasteiger partial charge in [-0.2, -0.15) is 0 Å². The maximum Gasteiger partial charge on any atom is 0.271 e. The van der Waals surface area contributed by atoms with Gasteiger partial charge < -0.3 is 5.32 Å². The maximum atomic E-state index is 13.0. The van der Waals surface area contributed by atoms with Crippen molar-refractivity contribution in [3.8, 4) is 11.3 Å². The van der Waals surface area contributed by atoms with Crippen molar-refractivity contribution in [2.45, 2.75) is 6.54 Å². The van der Waals surface area contributed by atoms with Crippen molar-refractivity contribution in [2.24, 2.45) is 0 Å². The summed E-state index contributed by atoms with van der Waals surface area (Å²) in [7, 11) is 0. The molecule has 2 aromatic carbocycles. The Bertz CT molecular complexity index is 1330. The molecule has 0 saturated carbocycles. The Morgan fingerprint density at radius 3 is 2.73 bits per heavy atom. The highest BCUT2D eigenvalue weighted by Gasteiger charge is 2.13. The molecule has 150 valence electrons. The molecule has 0 saturated heterocycles. The fourth-order valence-electron chi connectivity index (χ4n) is 2.77. The number of rotatable bonds is 5.